The normalized spacial score (nSPS) is 14.0. The van der Waals surface area contributed by atoms with Crippen molar-refractivity contribution in [3.8, 4) is 39.5 Å². The number of rotatable bonds is 7. The van der Waals surface area contributed by atoms with Crippen LogP contribution in [0.3, 0.4) is 0 Å². The average Bonchev–Trinajstić information content (AvgIpc) is 3.71. The van der Waals surface area contributed by atoms with E-state index in [9.17, 15) is 9.50 Å². The number of phenols is 1. The molecule has 4 N–H and O–H groups in total. The molecule has 6 aromatic rings. The Morgan fingerprint density at radius 1 is 0.950 bits per heavy atom. The molecule has 40 heavy (non-hydrogen) atoms. The van der Waals surface area contributed by atoms with Crippen LogP contribution in [-0.4, -0.2) is 41.8 Å². The molecule has 1 aliphatic carbocycles. The van der Waals surface area contributed by atoms with Crippen LogP contribution < -0.4 is 5.32 Å². The Morgan fingerprint density at radius 3 is 2.73 bits per heavy atom. The number of hydrogen-bond acceptors (Lipinski definition) is 6. The second-order valence-electron chi connectivity index (χ2n) is 10.6. The third-order valence-corrected chi connectivity index (χ3v) is 7.76. The second-order valence-corrected chi connectivity index (χ2v) is 10.6. The average molecular weight is 534 g/mol. The van der Waals surface area contributed by atoms with Crippen LogP contribution in [0.15, 0.2) is 67.3 Å². The van der Waals surface area contributed by atoms with Crippen molar-refractivity contribution in [1.29, 1.82) is 0 Å². The highest BCUT2D eigenvalue weighted by molar-refractivity contribution is 6.00. The fourth-order valence-electron chi connectivity index (χ4n) is 5.78. The number of aromatic amines is 2. The molecule has 0 atom stereocenters. The summed E-state index contributed by atoms with van der Waals surface area (Å²) in [5, 5.41) is 22.9. The summed E-state index contributed by atoms with van der Waals surface area (Å²) in [5.41, 5.74) is 7.15. The SMILES string of the molecule is Oc1cc(F)cc(-c2ccnc3[nH]c(-c4n[nH]c5cnc(-c6cncc(CNCC7CCCC7)c6)cc45)cc23)c1. The highest BCUT2D eigenvalue weighted by Gasteiger charge is 2.17. The number of benzene rings is 1. The van der Waals surface area contributed by atoms with Crippen molar-refractivity contribution in [2.45, 2.75) is 32.2 Å². The van der Waals surface area contributed by atoms with E-state index in [1.54, 1.807) is 18.5 Å². The van der Waals surface area contributed by atoms with E-state index in [0.717, 1.165) is 75.1 Å². The molecule has 0 radical (unpaired) electrons. The maximum atomic E-state index is 14.0. The van der Waals surface area contributed by atoms with Crippen LogP contribution in [-0.2, 0) is 6.54 Å². The number of nitrogens with one attached hydrogen (secondary N) is 3. The fourth-order valence-corrected chi connectivity index (χ4v) is 5.78. The summed E-state index contributed by atoms with van der Waals surface area (Å²) in [6.07, 6.45) is 12.5. The van der Waals surface area contributed by atoms with Crippen molar-refractivity contribution in [2.75, 3.05) is 6.54 Å². The van der Waals surface area contributed by atoms with E-state index in [1.807, 2.05) is 30.6 Å². The molecule has 5 aromatic heterocycles. The third-order valence-electron chi connectivity index (χ3n) is 7.76. The Morgan fingerprint density at radius 2 is 1.85 bits per heavy atom. The largest absolute Gasteiger partial charge is 0.508 e. The molecule has 1 aromatic carbocycles. The molecule has 1 fully saturated rings. The lowest BCUT2D eigenvalue weighted by Gasteiger charge is -2.11. The zero-order chi connectivity index (χ0) is 27.1. The molecule has 0 aliphatic heterocycles. The summed E-state index contributed by atoms with van der Waals surface area (Å²) in [6.45, 7) is 1.83. The standard InChI is InChI=1S/C31H28FN7O/c32-22-8-20(9-23(40)10-22)24-5-6-35-31-25(24)11-28(37-31)30-26-12-27(36-17-29(26)38-39-30)21-7-19(15-34-16-21)14-33-13-18-3-1-2-4-18/h5-12,15-18,33,40H,1-4,13-14H2,(H,35,37)(H,38,39). The van der Waals surface area contributed by atoms with E-state index in [0.29, 0.717) is 11.2 Å². The maximum absolute atomic E-state index is 14.0. The van der Waals surface area contributed by atoms with Crippen molar-refractivity contribution in [3.63, 3.8) is 0 Å². The Balaban J connectivity index is 1.21. The minimum atomic E-state index is -0.503. The highest BCUT2D eigenvalue weighted by Crippen LogP contribution is 2.35. The van der Waals surface area contributed by atoms with Gasteiger partial charge in [-0.25, -0.2) is 9.37 Å². The lowest BCUT2D eigenvalue weighted by Crippen LogP contribution is -2.20. The number of nitrogens with zero attached hydrogens (tertiary/aromatic N) is 4. The van der Waals surface area contributed by atoms with Gasteiger partial charge in [0, 0.05) is 47.5 Å². The van der Waals surface area contributed by atoms with Gasteiger partial charge in [-0.15, -0.1) is 0 Å². The zero-order valence-corrected chi connectivity index (χ0v) is 21.8. The molecule has 0 saturated heterocycles. The van der Waals surface area contributed by atoms with Crippen LogP contribution in [0.5, 0.6) is 5.75 Å². The number of aromatic nitrogens is 6. The van der Waals surface area contributed by atoms with Gasteiger partial charge in [0.2, 0.25) is 0 Å². The predicted octanol–water partition coefficient (Wildman–Crippen LogP) is 6.35. The van der Waals surface area contributed by atoms with Gasteiger partial charge in [-0.05, 0) is 78.4 Å². The quantitative estimate of drug-likeness (QED) is 0.190. The van der Waals surface area contributed by atoms with Crippen LogP contribution >= 0.6 is 0 Å². The lowest BCUT2D eigenvalue weighted by atomic mass is 10.0. The Hall–Kier alpha value is -4.63. The van der Waals surface area contributed by atoms with Crippen LogP contribution in [0.4, 0.5) is 4.39 Å². The number of pyridine rings is 3. The van der Waals surface area contributed by atoms with Gasteiger partial charge >= 0.3 is 0 Å². The molecule has 1 aliphatic rings. The second kappa shape index (κ2) is 10.2. The van der Waals surface area contributed by atoms with E-state index in [2.05, 4.69) is 41.5 Å². The number of halogens is 1. The molecule has 0 amide bonds. The first-order valence-electron chi connectivity index (χ1n) is 13.6. The minimum absolute atomic E-state index is 0.128. The molecule has 8 nitrogen and oxygen atoms in total. The fraction of sp³-hybridized carbons (Fsp3) is 0.226. The van der Waals surface area contributed by atoms with Gasteiger partial charge in [-0.3, -0.25) is 15.1 Å². The molecule has 1 saturated carbocycles. The molecule has 7 rings (SSSR count). The first-order valence-corrected chi connectivity index (χ1v) is 13.6. The van der Waals surface area contributed by atoms with Gasteiger partial charge in [0.15, 0.2) is 0 Å². The summed E-state index contributed by atoms with van der Waals surface area (Å²) in [6, 6.07) is 11.9. The summed E-state index contributed by atoms with van der Waals surface area (Å²) in [7, 11) is 0. The van der Waals surface area contributed by atoms with Gasteiger partial charge in [0.05, 0.1) is 23.1 Å². The number of aromatic hydroxyl groups is 1. The van der Waals surface area contributed by atoms with Crippen molar-refractivity contribution in [3.05, 3.63) is 78.6 Å². The lowest BCUT2D eigenvalue weighted by molar-refractivity contribution is 0.469. The first-order chi connectivity index (χ1) is 19.6. The maximum Gasteiger partial charge on any atom is 0.138 e. The van der Waals surface area contributed by atoms with Gasteiger partial charge in [-0.2, -0.15) is 5.10 Å². The van der Waals surface area contributed by atoms with E-state index in [-0.39, 0.29) is 5.75 Å². The molecule has 200 valence electrons. The van der Waals surface area contributed by atoms with Gasteiger partial charge in [0.1, 0.15) is 22.9 Å². The summed E-state index contributed by atoms with van der Waals surface area (Å²) >= 11 is 0. The Bertz CT molecular complexity index is 1820. The topological polar surface area (TPSA) is 115 Å². The van der Waals surface area contributed by atoms with Crippen LogP contribution in [0.1, 0.15) is 31.2 Å². The molecule has 0 spiro atoms. The van der Waals surface area contributed by atoms with Crippen molar-refractivity contribution < 1.29 is 9.50 Å². The van der Waals surface area contributed by atoms with Crippen LogP contribution in [0.2, 0.25) is 0 Å². The van der Waals surface area contributed by atoms with Crippen molar-refractivity contribution >= 4 is 21.9 Å². The number of fused-ring (bicyclic) bond motifs is 2. The summed E-state index contributed by atoms with van der Waals surface area (Å²) in [4.78, 5) is 17.0. The summed E-state index contributed by atoms with van der Waals surface area (Å²) in [5.74, 6) is 0.158. The Labute approximate surface area is 229 Å². The zero-order valence-electron chi connectivity index (χ0n) is 21.8. The molecule has 0 unspecified atom stereocenters. The number of hydrogen-bond donors (Lipinski definition) is 4. The predicted molar refractivity (Wildman–Crippen MR) is 153 cm³/mol. The third kappa shape index (κ3) is 4.69. The van der Waals surface area contributed by atoms with E-state index < -0.39 is 5.82 Å². The molecular weight excluding hydrogens is 505 g/mol. The van der Waals surface area contributed by atoms with E-state index in [1.165, 1.54) is 31.7 Å². The number of phenolic OH excluding ortho intramolecular Hbond substituents is 1. The summed E-state index contributed by atoms with van der Waals surface area (Å²) < 4.78 is 14.0. The van der Waals surface area contributed by atoms with Gasteiger partial charge < -0.3 is 15.4 Å². The van der Waals surface area contributed by atoms with Gasteiger partial charge in [-0.1, -0.05) is 12.8 Å². The smallest absolute Gasteiger partial charge is 0.138 e. The van der Waals surface area contributed by atoms with Crippen molar-refractivity contribution in [1.82, 2.24) is 35.5 Å². The molecule has 9 heteroatoms. The number of H-pyrrole nitrogens is 2. The monoisotopic (exact) mass is 533 g/mol. The van der Waals surface area contributed by atoms with E-state index in [4.69, 9.17) is 0 Å². The molecule has 5 heterocycles. The molecule has 0 bridgehead atoms. The molecular formula is C31H28FN7O. The van der Waals surface area contributed by atoms with E-state index >= 15 is 0 Å². The Kier molecular flexibility index (Phi) is 6.20. The van der Waals surface area contributed by atoms with Crippen molar-refractivity contribution in [2.24, 2.45) is 5.92 Å². The van der Waals surface area contributed by atoms with Crippen LogP contribution in [0, 0.1) is 11.7 Å². The van der Waals surface area contributed by atoms with Gasteiger partial charge in [0.25, 0.3) is 0 Å². The minimum Gasteiger partial charge on any atom is -0.508 e. The first kappa shape index (κ1) is 24.4. The van der Waals surface area contributed by atoms with Crippen LogP contribution in [0.25, 0.3) is 55.7 Å². The highest BCUT2D eigenvalue weighted by atomic mass is 19.1.